The third-order valence-corrected chi connectivity index (χ3v) is 4.41. The highest BCUT2D eigenvalue weighted by molar-refractivity contribution is 7.19. The van der Waals surface area contributed by atoms with Crippen LogP contribution < -0.4 is 16.6 Å². The van der Waals surface area contributed by atoms with Crippen molar-refractivity contribution < 1.29 is 4.79 Å². The van der Waals surface area contributed by atoms with Crippen LogP contribution in [-0.2, 0) is 6.54 Å². The number of hydrogen-bond acceptors (Lipinski definition) is 5. The molecule has 0 aliphatic carbocycles. The summed E-state index contributed by atoms with van der Waals surface area (Å²) in [5.41, 5.74) is 0.358. The second-order valence-corrected chi connectivity index (χ2v) is 5.72. The van der Waals surface area contributed by atoms with Gasteiger partial charge in [-0.2, -0.15) is 0 Å². The number of carbonyl (C=O) groups excluding carboxylic acids is 1. The lowest BCUT2D eigenvalue weighted by Gasteiger charge is -2.02. The first-order valence-corrected chi connectivity index (χ1v) is 7.30. The molecule has 0 saturated heterocycles. The van der Waals surface area contributed by atoms with Gasteiger partial charge in [-0.15, -0.1) is 11.3 Å². The predicted molar refractivity (Wildman–Crippen MR) is 82.3 cm³/mol. The largest absolute Gasteiger partial charge is 0.347 e. The molecule has 0 atom stereocenters. The minimum atomic E-state index is -0.546. The number of thiazole rings is 1. The molecule has 0 spiro atoms. The standard InChI is InChI=1S/C14H12N4O3S/c1-8-11(19)17-14(21)18-7-10(22-13(8)18)12(20)16-6-9-2-4-15-5-3-9/h2-5,7H,6H2,1H3,(H,16,20)(H,17,19,21). The number of amides is 1. The van der Waals surface area contributed by atoms with Crippen molar-refractivity contribution >= 4 is 22.1 Å². The van der Waals surface area contributed by atoms with Crippen LogP contribution >= 0.6 is 11.3 Å². The van der Waals surface area contributed by atoms with Crippen LogP contribution in [0.25, 0.3) is 4.83 Å². The van der Waals surface area contributed by atoms with Crippen molar-refractivity contribution in [1.29, 1.82) is 0 Å². The summed E-state index contributed by atoms with van der Waals surface area (Å²) in [4.78, 5) is 42.5. The van der Waals surface area contributed by atoms with Crippen LogP contribution in [0.2, 0.25) is 0 Å². The maximum Gasteiger partial charge on any atom is 0.333 e. The molecule has 3 aromatic rings. The maximum absolute atomic E-state index is 12.2. The molecule has 0 saturated carbocycles. The molecule has 3 aromatic heterocycles. The lowest BCUT2D eigenvalue weighted by atomic mass is 10.3. The molecule has 7 nitrogen and oxygen atoms in total. The third kappa shape index (κ3) is 2.56. The van der Waals surface area contributed by atoms with Gasteiger partial charge in [0.05, 0.1) is 0 Å². The molecule has 22 heavy (non-hydrogen) atoms. The van der Waals surface area contributed by atoms with Gasteiger partial charge in [0.15, 0.2) is 0 Å². The molecule has 112 valence electrons. The molecule has 8 heteroatoms. The number of carbonyl (C=O) groups is 1. The summed E-state index contributed by atoms with van der Waals surface area (Å²) in [5.74, 6) is -0.295. The first-order chi connectivity index (χ1) is 10.6. The molecular formula is C14H12N4O3S. The molecule has 0 aliphatic rings. The molecule has 0 aliphatic heterocycles. The van der Waals surface area contributed by atoms with E-state index in [9.17, 15) is 14.4 Å². The zero-order chi connectivity index (χ0) is 15.7. The van der Waals surface area contributed by atoms with Crippen molar-refractivity contribution in [3.05, 3.63) is 67.6 Å². The third-order valence-electron chi connectivity index (χ3n) is 3.20. The zero-order valence-corrected chi connectivity index (χ0v) is 12.4. The molecular weight excluding hydrogens is 304 g/mol. The van der Waals surface area contributed by atoms with E-state index in [1.165, 1.54) is 10.6 Å². The minimum Gasteiger partial charge on any atom is -0.347 e. The Hall–Kier alpha value is -2.74. The molecule has 0 radical (unpaired) electrons. The number of aromatic amines is 1. The average Bonchev–Trinajstić information content (AvgIpc) is 2.97. The normalized spacial score (nSPS) is 10.8. The lowest BCUT2D eigenvalue weighted by molar-refractivity contribution is 0.0954. The number of rotatable bonds is 3. The van der Waals surface area contributed by atoms with Crippen LogP contribution in [0.5, 0.6) is 0 Å². The number of hydrogen-bond donors (Lipinski definition) is 2. The Balaban J connectivity index is 1.89. The fourth-order valence-electron chi connectivity index (χ4n) is 1.99. The molecule has 3 rings (SSSR count). The molecule has 0 bridgehead atoms. The van der Waals surface area contributed by atoms with Gasteiger partial charge in [0, 0.05) is 30.7 Å². The fourth-order valence-corrected chi connectivity index (χ4v) is 3.00. The lowest BCUT2D eigenvalue weighted by Crippen LogP contribution is -2.26. The number of nitrogens with zero attached hydrogens (tertiary/aromatic N) is 2. The number of aromatic nitrogens is 3. The monoisotopic (exact) mass is 316 g/mol. The van der Waals surface area contributed by atoms with Crippen LogP contribution in [0, 0.1) is 6.92 Å². The topological polar surface area (TPSA) is 96.3 Å². The Morgan fingerprint density at radius 2 is 2.09 bits per heavy atom. The minimum absolute atomic E-state index is 0.295. The van der Waals surface area contributed by atoms with Crippen LogP contribution in [0.1, 0.15) is 20.8 Å². The van der Waals surface area contributed by atoms with Crippen molar-refractivity contribution in [3.63, 3.8) is 0 Å². The molecule has 1 amide bonds. The predicted octanol–water partition coefficient (Wildman–Crippen LogP) is 0.683. The van der Waals surface area contributed by atoms with Gasteiger partial charge in [-0.05, 0) is 24.6 Å². The first kappa shape index (κ1) is 14.2. The van der Waals surface area contributed by atoms with Crippen LogP contribution in [0.15, 0.2) is 40.3 Å². The Bertz CT molecular complexity index is 956. The summed E-state index contributed by atoms with van der Waals surface area (Å²) in [5, 5.41) is 2.77. The molecule has 2 N–H and O–H groups in total. The summed E-state index contributed by atoms with van der Waals surface area (Å²) >= 11 is 1.11. The van der Waals surface area contributed by atoms with Crippen molar-refractivity contribution in [2.45, 2.75) is 13.5 Å². The van der Waals surface area contributed by atoms with E-state index in [1.807, 2.05) is 0 Å². The van der Waals surface area contributed by atoms with Gasteiger partial charge < -0.3 is 5.32 Å². The fraction of sp³-hybridized carbons (Fsp3) is 0.143. The van der Waals surface area contributed by atoms with Gasteiger partial charge in [-0.25, -0.2) is 4.79 Å². The molecule has 3 heterocycles. The average molecular weight is 316 g/mol. The second-order valence-electron chi connectivity index (χ2n) is 4.69. The van der Waals surface area contributed by atoms with E-state index in [-0.39, 0.29) is 5.91 Å². The SMILES string of the molecule is Cc1c(=O)[nH]c(=O)n2cc(C(=O)NCc3ccncc3)sc12. The highest BCUT2D eigenvalue weighted by Crippen LogP contribution is 2.17. The highest BCUT2D eigenvalue weighted by Gasteiger charge is 2.14. The van der Waals surface area contributed by atoms with Gasteiger partial charge in [-0.1, -0.05) is 0 Å². The van der Waals surface area contributed by atoms with E-state index in [2.05, 4.69) is 15.3 Å². The Morgan fingerprint density at radius 3 is 2.82 bits per heavy atom. The van der Waals surface area contributed by atoms with Gasteiger partial charge in [0.2, 0.25) is 0 Å². The maximum atomic E-state index is 12.2. The van der Waals surface area contributed by atoms with Crippen LogP contribution in [-0.4, -0.2) is 20.3 Å². The summed E-state index contributed by atoms with van der Waals surface area (Å²) in [6.07, 6.45) is 4.73. The van der Waals surface area contributed by atoms with Crippen molar-refractivity contribution in [2.24, 2.45) is 0 Å². The van der Waals surface area contributed by atoms with Crippen LogP contribution in [0.4, 0.5) is 0 Å². The van der Waals surface area contributed by atoms with Gasteiger partial charge >= 0.3 is 5.69 Å². The Morgan fingerprint density at radius 1 is 1.36 bits per heavy atom. The first-order valence-electron chi connectivity index (χ1n) is 6.48. The van der Waals surface area contributed by atoms with Crippen LogP contribution in [0.3, 0.4) is 0 Å². The van der Waals surface area contributed by atoms with Gasteiger partial charge in [-0.3, -0.25) is 24.0 Å². The quantitative estimate of drug-likeness (QED) is 0.743. The van der Waals surface area contributed by atoms with E-state index in [4.69, 9.17) is 0 Å². The molecule has 0 fully saturated rings. The second kappa shape index (κ2) is 5.57. The Kier molecular flexibility index (Phi) is 3.60. The summed E-state index contributed by atoms with van der Waals surface area (Å²) < 4.78 is 1.28. The van der Waals surface area contributed by atoms with E-state index >= 15 is 0 Å². The van der Waals surface area contributed by atoms with Gasteiger partial charge in [0.1, 0.15) is 9.71 Å². The number of fused-ring (bicyclic) bond motifs is 1. The molecule has 0 unspecified atom stereocenters. The zero-order valence-electron chi connectivity index (χ0n) is 11.6. The van der Waals surface area contributed by atoms with Crippen molar-refractivity contribution in [2.75, 3.05) is 0 Å². The van der Waals surface area contributed by atoms with E-state index in [1.54, 1.807) is 31.5 Å². The summed E-state index contributed by atoms with van der Waals surface area (Å²) in [6.45, 7) is 1.98. The number of nitrogens with one attached hydrogen (secondary N) is 2. The number of H-pyrrole nitrogens is 1. The van der Waals surface area contributed by atoms with Gasteiger partial charge in [0.25, 0.3) is 11.5 Å². The molecule has 0 aromatic carbocycles. The van der Waals surface area contributed by atoms with E-state index in [0.29, 0.717) is 21.8 Å². The summed E-state index contributed by atoms with van der Waals surface area (Å²) in [6, 6.07) is 3.61. The van der Waals surface area contributed by atoms with Crippen molar-refractivity contribution in [3.8, 4) is 0 Å². The Labute approximate surface area is 128 Å². The highest BCUT2D eigenvalue weighted by atomic mass is 32.1. The summed E-state index contributed by atoms with van der Waals surface area (Å²) in [7, 11) is 0. The van der Waals surface area contributed by atoms with Crippen molar-refractivity contribution in [1.82, 2.24) is 19.7 Å². The van der Waals surface area contributed by atoms with E-state index in [0.717, 1.165) is 16.9 Å². The number of aryl methyl sites for hydroxylation is 1. The smallest absolute Gasteiger partial charge is 0.333 e. The van der Waals surface area contributed by atoms with E-state index < -0.39 is 11.2 Å². The number of pyridine rings is 1.